The van der Waals surface area contributed by atoms with Gasteiger partial charge in [0.05, 0.1) is 12.6 Å². The topological polar surface area (TPSA) is 84.1 Å². The predicted molar refractivity (Wildman–Crippen MR) is 105 cm³/mol. The highest BCUT2D eigenvalue weighted by Crippen LogP contribution is 2.34. The van der Waals surface area contributed by atoms with Crippen molar-refractivity contribution in [3.8, 4) is 5.75 Å². The number of nitrogens with zero attached hydrogens (tertiary/aromatic N) is 1. The van der Waals surface area contributed by atoms with Crippen LogP contribution in [0.1, 0.15) is 35.7 Å². The normalized spacial score (nSPS) is 15.9. The number of rotatable bonds is 5. The molecule has 1 aromatic heterocycles. The molecule has 2 aromatic rings. The lowest BCUT2D eigenvalue weighted by atomic mass is 10.00. The zero-order chi connectivity index (χ0) is 18.7. The van der Waals surface area contributed by atoms with Crippen LogP contribution in [0.5, 0.6) is 5.75 Å². The largest absolute Gasteiger partial charge is 0.493 e. The number of hydrogen-bond donors (Lipinski definition) is 2. The standard InChI is InChI=1S/C18H20BrN3O3S/c1-10-12(17(24)22-18(20-10)26-2)4-6-16(23)21-14-7-8-25-15-5-3-11(19)9-13(14)15/h3,5,9,14H,4,6-8H2,1-2H3,(H,21,23)(H,20,22,24). The van der Waals surface area contributed by atoms with Crippen molar-refractivity contribution in [2.75, 3.05) is 12.9 Å². The van der Waals surface area contributed by atoms with Gasteiger partial charge in [-0.25, -0.2) is 4.98 Å². The van der Waals surface area contributed by atoms with Gasteiger partial charge < -0.3 is 15.0 Å². The fourth-order valence-corrected chi connectivity index (χ4v) is 3.80. The number of aryl methyl sites for hydroxylation is 1. The number of fused-ring (bicyclic) bond motifs is 1. The van der Waals surface area contributed by atoms with Gasteiger partial charge in [-0.3, -0.25) is 9.59 Å². The summed E-state index contributed by atoms with van der Waals surface area (Å²) in [6, 6.07) is 5.71. The van der Waals surface area contributed by atoms with Gasteiger partial charge in [0, 0.05) is 34.1 Å². The second kappa shape index (κ2) is 8.26. The molecule has 6 nitrogen and oxygen atoms in total. The van der Waals surface area contributed by atoms with E-state index in [1.165, 1.54) is 11.8 Å². The predicted octanol–water partition coefficient (Wildman–Crippen LogP) is 3.14. The number of halogens is 1. The summed E-state index contributed by atoms with van der Waals surface area (Å²) < 4.78 is 6.59. The number of hydrogen-bond acceptors (Lipinski definition) is 5. The molecule has 1 unspecified atom stereocenters. The highest BCUT2D eigenvalue weighted by Gasteiger charge is 2.23. The molecule has 26 heavy (non-hydrogen) atoms. The van der Waals surface area contributed by atoms with E-state index in [4.69, 9.17) is 4.74 Å². The Morgan fingerprint density at radius 2 is 2.31 bits per heavy atom. The van der Waals surface area contributed by atoms with E-state index in [-0.39, 0.29) is 23.9 Å². The van der Waals surface area contributed by atoms with Crippen LogP contribution in [0.2, 0.25) is 0 Å². The lowest BCUT2D eigenvalue weighted by molar-refractivity contribution is -0.122. The third-order valence-electron chi connectivity index (χ3n) is 4.34. The van der Waals surface area contributed by atoms with Crippen LogP contribution in [0.3, 0.4) is 0 Å². The van der Waals surface area contributed by atoms with Crippen LogP contribution in [0, 0.1) is 6.92 Å². The summed E-state index contributed by atoms with van der Waals surface area (Å²) in [5.74, 6) is 0.712. The Bertz CT molecular complexity index is 884. The van der Waals surface area contributed by atoms with Gasteiger partial charge in [0.1, 0.15) is 5.75 Å². The summed E-state index contributed by atoms with van der Waals surface area (Å²) in [7, 11) is 0. The zero-order valence-corrected chi connectivity index (χ0v) is 17.0. The number of thioether (sulfide) groups is 1. The maximum absolute atomic E-state index is 12.4. The molecule has 0 bridgehead atoms. The fraction of sp³-hybridized carbons (Fsp3) is 0.389. The van der Waals surface area contributed by atoms with Crippen LogP contribution in [0.25, 0.3) is 0 Å². The zero-order valence-electron chi connectivity index (χ0n) is 14.6. The number of aromatic nitrogens is 2. The van der Waals surface area contributed by atoms with E-state index in [1.54, 1.807) is 6.92 Å². The Kier molecular flexibility index (Phi) is 6.03. The summed E-state index contributed by atoms with van der Waals surface area (Å²) >= 11 is 4.84. The van der Waals surface area contributed by atoms with Crippen LogP contribution < -0.4 is 15.6 Å². The molecule has 0 saturated heterocycles. The van der Waals surface area contributed by atoms with Crippen LogP contribution in [0.4, 0.5) is 0 Å². The van der Waals surface area contributed by atoms with Gasteiger partial charge in [0.2, 0.25) is 5.91 Å². The van der Waals surface area contributed by atoms with Gasteiger partial charge in [-0.15, -0.1) is 0 Å². The molecule has 2 N–H and O–H groups in total. The van der Waals surface area contributed by atoms with Crippen molar-refractivity contribution in [2.24, 2.45) is 0 Å². The number of ether oxygens (including phenoxy) is 1. The number of carbonyl (C=O) groups is 1. The number of carbonyl (C=O) groups excluding carboxylic acids is 1. The lowest BCUT2D eigenvalue weighted by Gasteiger charge is -2.27. The van der Waals surface area contributed by atoms with E-state index < -0.39 is 0 Å². The summed E-state index contributed by atoms with van der Waals surface area (Å²) in [6.45, 7) is 2.37. The minimum atomic E-state index is -0.171. The van der Waals surface area contributed by atoms with Gasteiger partial charge >= 0.3 is 0 Å². The lowest BCUT2D eigenvalue weighted by Crippen LogP contribution is -2.32. The second-order valence-electron chi connectivity index (χ2n) is 6.08. The van der Waals surface area contributed by atoms with Gasteiger partial charge in [0.15, 0.2) is 5.16 Å². The number of amides is 1. The number of H-pyrrole nitrogens is 1. The maximum Gasteiger partial charge on any atom is 0.254 e. The smallest absolute Gasteiger partial charge is 0.254 e. The van der Waals surface area contributed by atoms with Crippen LogP contribution in [0.15, 0.2) is 32.6 Å². The van der Waals surface area contributed by atoms with Crippen molar-refractivity contribution in [2.45, 2.75) is 37.4 Å². The first-order chi connectivity index (χ1) is 12.5. The summed E-state index contributed by atoms with van der Waals surface area (Å²) in [5, 5.41) is 3.65. The molecule has 0 radical (unpaired) electrons. The summed E-state index contributed by atoms with van der Waals surface area (Å²) in [4.78, 5) is 31.7. The third-order valence-corrected chi connectivity index (χ3v) is 5.42. The van der Waals surface area contributed by atoms with E-state index >= 15 is 0 Å². The molecule has 8 heteroatoms. The van der Waals surface area contributed by atoms with Crippen molar-refractivity contribution in [3.63, 3.8) is 0 Å². The minimum Gasteiger partial charge on any atom is -0.493 e. The molecule has 2 heterocycles. The van der Waals surface area contributed by atoms with E-state index in [0.717, 1.165) is 22.2 Å². The second-order valence-corrected chi connectivity index (χ2v) is 7.79. The van der Waals surface area contributed by atoms with Gasteiger partial charge in [-0.2, -0.15) is 0 Å². The summed E-state index contributed by atoms with van der Waals surface area (Å²) in [6.07, 6.45) is 3.18. The van der Waals surface area contributed by atoms with Gasteiger partial charge in [-0.1, -0.05) is 27.7 Å². The van der Waals surface area contributed by atoms with Crippen LogP contribution >= 0.6 is 27.7 Å². The third kappa shape index (κ3) is 4.29. The Balaban J connectivity index is 1.66. The molecule has 3 rings (SSSR count). The summed E-state index contributed by atoms with van der Waals surface area (Å²) in [5.41, 5.74) is 2.04. The van der Waals surface area contributed by atoms with Crippen LogP contribution in [-0.2, 0) is 11.2 Å². The van der Waals surface area contributed by atoms with Crippen molar-refractivity contribution in [1.82, 2.24) is 15.3 Å². The number of aromatic amines is 1. The molecule has 1 aliphatic heterocycles. The monoisotopic (exact) mass is 437 g/mol. The molecule has 0 fully saturated rings. The van der Waals surface area contributed by atoms with Crippen molar-refractivity contribution >= 4 is 33.6 Å². The molecule has 1 aromatic carbocycles. The Morgan fingerprint density at radius 1 is 1.50 bits per heavy atom. The highest BCUT2D eigenvalue weighted by molar-refractivity contribution is 9.10. The Labute approximate surface area is 164 Å². The molecule has 0 spiro atoms. The molecule has 0 aliphatic carbocycles. The van der Waals surface area contributed by atoms with Gasteiger partial charge in [-0.05, 0) is 37.8 Å². The molecule has 1 atom stereocenters. The average Bonchev–Trinajstić information content (AvgIpc) is 2.61. The van der Waals surface area contributed by atoms with Crippen LogP contribution in [-0.4, -0.2) is 28.7 Å². The first-order valence-corrected chi connectivity index (χ1v) is 10.3. The van der Waals surface area contributed by atoms with E-state index in [1.807, 2.05) is 24.5 Å². The van der Waals surface area contributed by atoms with E-state index in [0.29, 0.717) is 29.4 Å². The SMILES string of the molecule is CSc1nc(C)c(CCC(=O)NC2CCOc3ccc(Br)cc32)c(=O)[nH]1. The fourth-order valence-electron chi connectivity index (χ4n) is 3.00. The number of nitrogens with one attached hydrogen (secondary N) is 2. The molecule has 138 valence electrons. The van der Waals surface area contributed by atoms with Gasteiger partial charge in [0.25, 0.3) is 5.56 Å². The Morgan fingerprint density at radius 3 is 3.04 bits per heavy atom. The van der Waals surface area contributed by atoms with Crippen molar-refractivity contribution in [3.05, 3.63) is 49.8 Å². The van der Waals surface area contributed by atoms with Crippen molar-refractivity contribution < 1.29 is 9.53 Å². The number of benzene rings is 1. The van der Waals surface area contributed by atoms with Crippen molar-refractivity contribution in [1.29, 1.82) is 0 Å². The van der Waals surface area contributed by atoms with E-state index in [2.05, 4.69) is 31.2 Å². The molecule has 0 saturated carbocycles. The average molecular weight is 438 g/mol. The minimum absolute atomic E-state index is 0.0832. The Hall–Kier alpha value is -1.80. The molecular weight excluding hydrogens is 418 g/mol. The maximum atomic E-state index is 12.4. The first kappa shape index (κ1) is 19.0. The first-order valence-electron chi connectivity index (χ1n) is 8.33. The molecular formula is C18H20BrN3O3S. The van der Waals surface area contributed by atoms with E-state index in [9.17, 15) is 9.59 Å². The quantitative estimate of drug-likeness (QED) is 0.554. The molecule has 1 aliphatic rings. The highest BCUT2D eigenvalue weighted by atomic mass is 79.9. The molecule has 1 amide bonds.